The first-order chi connectivity index (χ1) is 8.08. The third kappa shape index (κ3) is 2.47. The molecule has 1 heterocycles. The molecule has 0 saturated heterocycles. The maximum atomic E-state index is 12.0. The summed E-state index contributed by atoms with van der Waals surface area (Å²) in [7, 11) is 0. The fraction of sp³-hybridized carbons (Fsp3) is 0.0909. The van der Waals surface area contributed by atoms with E-state index >= 15 is 0 Å². The lowest BCUT2D eigenvalue weighted by Gasteiger charge is -2.06. The molecule has 0 aliphatic carbocycles. The SMILES string of the molecule is Cc1cc(Br)ccc1C(=O)Nc1[nH]ncc1N. The minimum atomic E-state index is -0.217. The number of nitrogens with one attached hydrogen (secondary N) is 2. The Kier molecular flexibility index (Phi) is 3.14. The highest BCUT2D eigenvalue weighted by atomic mass is 79.9. The van der Waals surface area contributed by atoms with E-state index < -0.39 is 0 Å². The molecular weight excluding hydrogens is 284 g/mol. The van der Waals surface area contributed by atoms with E-state index in [-0.39, 0.29) is 5.91 Å². The number of aromatic amines is 1. The van der Waals surface area contributed by atoms with E-state index in [1.54, 1.807) is 6.07 Å². The lowest BCUT2D eigenvalue weighted by Crippen LogP contribution is -2.14. The first-order valence-corrected chi connectivity index (χ1v) is 5.73. The molecule has 2 aromatic rings. The number of hydrogen-bond acceptors (Lipinski definition) is 3. The highest BCUT2D eigenvalue weighted by Gasteiger charge is 2.11. The minimum Gasteiger partial charge on any atom is -0.394 e. The number of halogens is 1. The molecule has 0 aliphatic rings. The normalized spacial score (nSPS) is 10.2. The Bertz CT molecular complexity index is 564. The topological polar surface area (TPSA) is 83.8 Å². The van der Waals surface area contributed by atoms with Gasteiger partial charge in [-0.25, -0.2) is 0 Å². The van der Waals surface area contributed by atoms with Gasteiger partial charge in [0.15, 0.2) is 5.82 Å². The third-order valence-electron chi connectivity index (χ3n) is 2.34. The molecule has 0 spiro atoms. The van der Waals surface area contributed by atoms with Crippen LogP contribution in [0.4, 0.5) is 11.5 Å². The molecule has 88 valence electrons. The Balaban J connectivity index is 2.23. The third-order valence-corrected chi connectivity index (χ3v) is 2.83. The van der Waals surface area contributed by atoms with Crippen molar-refractivity contribution in [2.24, 2.45) is 0 Å². The van der Waals surface area contributed by atoms with Crippen LogP contribution >= 0.6 is 15.9 Å². The molecule has 5 nitrogen and oxygen atoms in total. The number of anilines is 2. The Morgan fingerprint density at radius 2 is 2.29 bits per heavy atom. The monoisotopic (exact) mass is 294 g/mol. The maximum Gasteiger partial charge on any atom is 0.257 e. The Morgan fingerprint density at radius 1 is 1.53 bits per heavy atom. The molecule has 0 unspecified atom stereocenters. The Hall–Kier alpha value is -1.82. The standard InChI is InChI=1S/C11H11BrN4O/c1-6-4-7(12)2-3-8(6)11(17)15-10-9(13)5-14-16-10/h2-5H,13H2,1H3,(H2,14,15,16,17). The van der Waals surface area contributed by atoms with Crippen LogP contribution in [0.1, 0.15) is 15.9 Å². The number of carbonyl (C=O) groups is 1. The fourth-order valence-electron chi connectivity index (χ4n) is 1.46. The minimum absolute atomic E-state index is 0.217. The molecule has 0 fully saturated rings. The molecule has 0 aliphatic heterocycles. The van der Waals surface area contributed by atoms with E-state index in [1.807, 2.05) is 19.1 Å². The number of amides is 1. The smallest absolute Gasteiger partial charge is 0.257 e. The highest BCUT2D eigenvalue weighted by Crippen LogP contribution is 2.18. The summed E-state index contributed by atoms with van der Waals surface area (Å²) in [6.45, 7) is 1.87. The van der Waals surface area contributed by atoms with Gasteiger partial charge >= 0.3 is 0 Å². The van der Waals surface area contributed by atoms with E-state index in [0.29, 0.717) is 17.1 Å². The van der Waals surface area contributed by atoms with Crippen molar-refractivity contribution in [2.45, 2.75) is 6.92 Å². The zero-order chi connectivity index (χ0) is 12.4. The van der Waals surface area contributed by atoms with Gasteiger partial charge in [0.1, 0.15) is 0 Å². The molecule has 1 amide bonds. The van der Waals surface area contributed by atoms with Crippen LogP contribution in [0.3, 0.4) is 0 Å². The van der Waals surface area contributed by atoms with Gasteiger partial charge in [0.2, 0.25) is 0 Å². The molecular formula is C11H11BrN4O. The number of carbonyl (C=O) groups excluding carboxylic acids is 1. The van der Waals surface area contributed by atoms with Crippen molar-refractivity contribution in [3.05, 3.63) is 40.0 Å². The summed E-state index contributed by atoms with van der Waals surface area (Å²) in [5.74, 6) is 0.197. The Labute approximate surface area is 107 Å². The summed E-state index contributed by atoms with van der Waals surface area (Å²) in [5, 5.41) is 9.02. The van der Waals surface area contributed by atoms with E-state index in [2.05, 4.69) is 31.4 Å². The van der Waals surface area contributed by atoms with Crippen LogP contribution in [-0.4, -0.2) is 16.1 Å². The number of aromatic nitrogens is 2. The van der Waals surface area contributed by atoms with Crippen molar-refractivity contribution in [3.63, 3.8) is 0 Å². The number of nitrogen functional groups attached to an aromatic ring is 1. The number of benzene rings is 1. The van der Waals surface area contributed by atoms with Crippen LogP contribution < -0.4 is 11.1 Å². The van der Waals surface area contributed by atoms with Gasteiger partial charge in [-0.05, 0) is 30.7 Å². The largest absolute Gasteiger partial charge is 0.394 e. The quantitative estimate of drug-likeness (QED) is 0.795. The van der Waals surface area contributed by atoms with Crippen molar-refractivity contribution in [1.29, 1.82) is 0 Å². The first kappa shape index (κ1) is 11.7. The summed E-state index contributed by atoms with van der Waals surface area (Å²) in [6, 6.07) is 5.45. The maximum absolute atomic E-state index is 12.0. The van der Waals surface area contributed by atoms with Gasteiger partial charge in [-0.2, -0.15) is 5.10 Å². The lowest BCUT2D eigenvalue weighted by molar-refractivity contribution is 0.102. The van der Waals surface area contributed by atoms with Crippen LogP contribution in [0, 0.1) is 6.92 Å². The number of rotatable bonds is 2. The summed E-state index contributed by atoms with van der Waals surface area (Å²) in [5.41, 5.74) is 7.51. The number of hydrogen-bond donors (Lipinski definition) is 3. The predicted octanol–water partition coefficient (Wildman–Crippen LogP) is 2.32. The van der Waals surface area contributed by atoms with Crippen LogP contribution in [0.5, 0.6) is 0 Å². The molecule has 4 N–H and O–H groups in total. The zero-order valence-electron chi connectivity index (χ0n) is 9.12. The molecule has 0 atom stereocenters. The molecule has 1 aromatic carbocycles. The summed E-state index contributed by atoms with van der Waals surface area (Å²) >= 11 is 3.35. The van der Waals surface area contributed by atoms with E-state index in [0.717, 1.165) is 10.0 Å². The number of H-pyrrole nitrogens is 1. The van der Waals surface area contributed by atoms with Gasteiger partial charge in [-0.3, -0.25) is 9.89 Å². The molecule has 0 radical (unpaired) electrons. The van der Waals surface area contributed by atoms with Crippen molar-refractivity contribution in [1.82, 2.24) is 10.2 Å². The molecule has 2 rings (SSSR count). The zero-order valence-corrected chi connectivity index (χ0v) is 10.7. The van der Waals surface area contributed by atoms with Crippen LogP contribution in [-0.2, 0) is 0 Å². The van der Waals surface area contributed by atoms with Gasteiger partial charge in [-0.15, -0.1) is 0 Å². The molecule has 0 bridgehead atoms. The van der Waals surface area contributed by atoms with Crippen LogP contribution in [0.2, 0.25) is 0 Å². The highest BCUT2D eigenvalue weighted by molar-refractivity contribution is 9.10. The summed E-state index contributed by atoms with van der Waals surface area (Å²) in [4.78, 5) is 12.0. The second-order valence-electron chi connectivity index (χ2n) is 3.61. The number of nitrogens with zero attached hydrogens (tertiary/aromatic N) is 1. The van der Waals surface area contributed by atoms with Gasteiger partial charge in [0.05, 0.1) is 11.9 Å². The van der Waals surface area contributed by atoms with E-state index in [4.69, 9.17) is 5.73 Å². The molecule has 0 saturated carbocycles. The summed E-state index contributed by atoms with van der Waals surface area (Å²) in [6.07, 6.45) is 1.45. The number of aryl methyl sites for hydroxylation is 1. The molecule has 1 aromatic heterocycles. The van der Waals surface area contributed by atoms with Crippen LogP contribution in [0.25, 0.3) is 0 Å². The molecule has 6 heteroatoms. The average Bonchev–Trinajstić information content (AvgIpc) is 2.64. The van der Waals surface area contributed by atoms with Gasteiger partial charge < -0.3 is 11.1 Å². The summed E-state index contributed by atoms with van der Waals surface area (Å²) < 4.78 is 0.938. The first-order valence-electron chi connectivity index (χ1n) is 4.94. The van der Waals surface area contributed by atoms with Gasteiger partial charge in [-0.1, -0.05) is 15.9 Å². The van der Waals surface area contributed by atoms with E-state index in [1.165, 1.54) is 6.20 Å². The van der Waals surface area contributed by atoms with Gasteiger partial charge in [0.25, 0.3) is 5.91 Å². The van der Waals surface area contributed by atoms with Crippen molar-refractivity contribution >= 4 is 33.3 Å². The van der Waals surface area contributed by atoms with Crippen molar-refractivity contribution in [2.75, 3.05) is 11.1 Å². The van der Waals surface area contributed by atoms with Crippen molar-refractivity contribution < 1.29 is 4.79 Å². The van der Waals surface area contributed by atoms with Crippen molar-refractivity contribution in [3.8, 4) is 0 Å². The second kappa shape index (κ2) is 4.58. The van der Waals surface area contributed by atoms with Crippen LogP contribution in [0.15, 0.2) is 28.9 Å². The Morgan fingerprint density at radius 3 is 2.88 bits per heavy atom. The number of nitrogens with two attached hydrogens (primary N) is 1. The fourth-order valence-corrected chi connectivity index (χ4v) is 1.93. The average molecular weight is 295 g/mol. The second-order valence-corrected chi connectivity index (χ2v) is 4.53. The van der Waals surface area contributed by atoms with Gasteiger partial charge in [0, 0.05) is 10.0 Å². The molecule has 17 heavy (non-hydrogen) atoms. The lowest BCUT2D eigenvalue weighted by atomic mass is 10.1. The predicted molar refractivity (Wildman–Crippen MR) is 69.8 cm³/mol. The van der Waals surface area contributed by atoms with E-state index in [9.17, 15) is 4.79 Å².